The third kappa shape index (κ3) is 4.57. The number of hydrogen-bond acceptors (Lipinski definition) is 1. The molecule has 0 saturated carbocycles. The first-order valence-corrected chi connectivity index (χ1v) is 17.5. The standard InChI is InChI=1S/C46H45N2/c1-7-48-39-28-24-32-16-12-14-20-37(32)44(39)46(4,5)41(48)30-26-35-22-21-34(42(35)33-17-9-8-10-18-33)25-29-40-45(2,3)43-36-19-13-11-15-31(36)23-27-38(43)47(40)6/h8-20,23-30H,7,21-22H2,1-6H3/q+1. The second-order valence-corrected chi connectivity index (χ2v) is 14.6. The molecule has 8 rings (SSSR count). The van der Waals surface area contributed by atoms with Crippen LogP contribution in [0.25, 0.3) is 27.1 Å². The third-order valence-corrected chi connectivity index (χ3v) is 11.2. The molecule has 0 unspecified atom stereocenters. The zero-order chi connectivity index (χ0) is 33.2. The Morgan fingerprint density at radius 2 is 1.31 bits per heavy atom. The van der Waals surface area contributed by atoms with Crippen LogP contribution in [-0.2, 0) is 10.8 Å². The number of allylic oxidation sites excluding steroid dienone is 8. The topological polar surface area (TPSA) is 6.25 Å². The fraction of sp³-hybridized carbons (Fsp3) is 0.239. The summed E-state index contributed by atoms with van der Waals surface area (Å²) in [4.78, 5) is 2.52. The van der Waals surface area contributed by atoms with E-state index in [9.17, 15) is 0 Å². The van der Waals surface area contributed by atoms with Crippen molar-refractivity contribution in [2.24, 2.45) is 0 Å². The van der Waals surface area contributed by atoms with Gasteiger partial charge in [-0.25, -0.2) is 0 Å². The van der Waals surface area contributed by atoms with Gasteiger partial charge in [0.25, 0.3) is 0 Å². The molecule has 238 valence electrons. The smallest absolute Gasteiger partial charge is 0.210 e. The van der Waals surface area contributed by atoms with Crippen molar-refractivity contribution in [3.63, 3.8) is 0 Å². The maximum absolute atomic E-state index is 2.52. The Bertz CT molecular complexity index is 2270. The molecule has 2 heterocycles. The number of nitrogens with zero attached hydrogens (tertiary/aromatic N) is 2. The summed E-state index contributed by atoms with van der Waals surface area (Å²) in [7, 11) is 2.23. The summed E-state index contributed by atoms with van der Waals surface area (Å²) < 4.78 is 2.40. The molecule has 1 aliphatic carbocycles. The van der Waals surface area contributed by atoms with Crippen molar-refractivity contribution in [1.29, 1.82) is 0 Å². The van der Waals surface area contributed by atoms with Crippen LogP contribution >= 0.6 is 0 Å². The molecule has 0 amide bonds. The van der Waals surface area contributed by atoms with Crippen LogP contribution in [0.2, 0.25) is 0 Å². The Labute approximate surface area is 285 Å². The Balaban J connectivity index is 1.21. The van der Waals surface area contributed by atoms with Gasteiger partial charge in [0.1, 0.15) is 7.05 Å². The minimum absolute atomic E-state index is 0.102. The van der Waals surface area contributed by atoms with Crippen LogP contribution in [0.3, 0.4) is 0 Å². The normalized spacial score (nSPS) is 19.9. The molecule has 0 spiro atoms. The van der Waals surface area contributed by atoms with E-state index in [2.05, 4.69) is 179 Å². The number of anilines is 1. The minimum atomic E-state index is -0.104. The molecule has 0 N–H and O–H groups in total. The molecule has 5 aromatic rings. The molecule has 0 radical (unpaired) electrons. The van der Waals surface area contributed by atoms with Crippen LogP contribution < -0.4 is 4.90 Å². The molecule has 2 aliphatic heterocycles. The molecule has 0 fully saturated rings. The molecule has 5 aromatic carbocycles. The van der Waals surface area contributed by atoms with E-state index in [1.54, 1.807) is 0 Å². The number of likely N-dealkylation sites (N-methyl/N-ethyl adjacent to an activating group) is 1. The lowest BCUT2D eigenvalue weighted by Gasteiger charge is -2.26. The third-order valence-electron chi connectivity index (χ3n) is 11.2. The summed E-state index contributed by atoms with van der Waals surface area (Å²) in [5.74, 6) is 0. The molecule has 2 nitrogen and oxygen atoms in total. The number of hydrogen-bond donors (Lipinski definition) is 0. The highest BCUT2D eigenvalue weighted by molar-refractivity contribution is 6.08. The summed E-state index contributed by atoms with van der Waals surface area (Å²) in [6.45, 7) is 12.8. The maximum Gasteiger partial charge on any atom is 0.210 e. The zero-order valence-electron chi connectivity index (χ0n) is 29.1. The molecule has 0 saturated heterocycles. The molecule has 3 aliphatic rings. The molecule has 0 aromatic heterocycles. The van der Waals surface area contributed by atoms with Crippen LogP contribution in [0.4, 0.5) is 11.4 Å². The van der Waals surface area contributed by atoms with Gasteiger partial charge in [0.05, 0.1) is 5.41 Å². The molecule has 0 atom stereocenters. The lowest BCUT2D eigenvalue weighted by atomic mass is 9.79. The van der Waals surface area contributed by atoms with Gasteiger partial charge in [0.2, 0.25) is 5.69 Å². The predicted molar refractivity (Wildman–Crippen MR) is 206 cm³/mol. The first-order chi connectivity index (χ1) is 23.2. The van der Waals surface area contributed by atoms with Gasteiger partial charge < -0.3 is 4.90 Å². The van der Waals surface area contributed by atoms with E-state index in [1.807, 2.05) is 0 Å². The van der Waals surface area contributed by atoms with Gasteiger partial charge >= 0.3 is 0 Å². The Hall–Kier alpha value is -4.95. The second kappa shape index (κ2) is 11.3. The monoisotopic (exact) mass is 625 g/mol. The van der Waals surface area contributed by atoms with Gasteiger partial charge in [-0.15, -0.1) is 0 Å². The molecule has 48 heavy (non-hydrogen) atoms. The van der Waals surface area contributed by atoms with Crippen molar-refractivity contribution in [2.45, 2.75) is 58.3 Å². The molecule has 2 heteroatoms. The fourth-order valence-electron chi connectivity index (χ4n) is 8.96. The first-order valence-electron chi connectivity index (χ1n) is 17.5. The van der Waals surface area contributed by atoms with Crippen LogP contribution in [0.1, 0.15) is 64.2 Å². The largest absolute Gasteiger partial charge is 0.344 e. The quantitative estimate of drug-likeness (QED) is 0.176. The van der Waals surface area contributed by atoms with E-state index in [0.717, 1.165) is 19.4 Å². The average molecular weight is 626 g/mol. The number of rotatable bonds is 5. The summed E-state index contributed by atoms with van der Waals surface area (Å²) in [5.41, 5.74) is 13.5. The van der Waals surface area contributed by atoms with Crippen LogP contribution in [0, 0.1) is 0 Å². The van der Waals surface area contributed by atoms with E-state index in [0.29, 0.717) is 0 Å². The maximum atomic E-state index is 2.52. The van der Waals surface area contributed by atoms with E-state index < -0.39 is 0 Å². The van der Waals surface area contributed by atoms with E-state index >= 15 is 0 Å². The minimum Gasteiger partial charge on any atom is -0.344 e. The van der Waals surface area contributed by atoms with Crippen LogP contribution in [0.5, 0.6) is 0 Å². The summed E-state index contributed by atoms with van der Waals surface area (Å²) >= 11 is 0. The van der Waals surface area contributed by atoms with Gasteiger partial charge in [-0.05, 0) is 101 Å². The summed E-state index contributed by atoms with van der Waals surface area (Å²) in [6, 6.07) is 37.8. The van der Waals surface area contributed by atoms with E-state index in [1.165, 1.54) is 77.7 Å². The lowest BCUT2D eigenvalue weighted by molar-refractivity contribution is -0.401. The zero-order valence-corrected chi connectivity index (χ0v) is 29.1. The highest BCUT2D eigenvalue weighted by Crippen LogP contribution is 2.51. The average Bonchev–Trinajstić information content (AvgIpc) is 3.67. The van der Waals surface area contributed by atoms with Gasteiger partial charge in [-0.3, -0.25) is 0 Å². The Kier molecular flexibility index (Phi) is 7.18. The first kappa shape index (κ1) is 30.4. The predicted octanol–water partition coefficient (Wildman–Crippen LogP) is 11.4. The Morgan fingerprint density at radius 3 is 2.02 bits per heavy atom. The highest BCUT2D eigenvalue weighted by Gasteiger charge is 2.44. The fourth-order valence-corrected chi connectivity index (χ4v) is 8.96. The molecular weight excluding hydrogens is 581 g/mol. The van der Waals surface area contributed by atoms with Crippen molar-refractivity contribution < 1.29 is 4.58 Å². The van der Waals surface area contributed by atoms with Crippen molar-refractivity contribution in [1.82, 2.24) is 0 Å². The van der Waals surface area contributed by atoms with Crippen LogP contribution in [0.15, 0.2) is 144 Å². The van der Waals surface area contributed by atoms with E-state index in [4.69, 9.17) is 0 Å². The molecule has 0 bridgehead atoms. The lowest BCUT2D eigenvalue weighted by Crippen LogP contribution is -2.26. The Morgan fingerprint density at radius 1 is 0.667 bits per heavy atom. The number of benzene rings is 5. The van der Waals surface area contributed by atoms with Gasteiger partial charge in [-0.2, -0.15) is 4.58 Å². The van der Waals surface area contributed by atoms with Crippen LogP contribution in [-0.4, -0.2) is 23.9 Å². The number of fused-ring (bicyclic) bond motifs is 6. The van der Waals surface area contributed by atoms with Gasteiger partial charge in [0.15, 0.2) is 5.71 Å². The summed E-state index contributed by atoms with van der Waals surface area (Å²) in [6.07, 6.45) is 11.7. The van der Waals surface area contributed by atoms with Crippen molar-refractivity contribution >= 4 is 44.2 Å². The summed E-state index contributed by atoms with van der Waals surface area (Å²) in [5, 5.41) is 5.33. The second-order valence-electron chi connectivity index (χ2n) is 14.6. The van der Waals surface area contributed by atoms with Gasteiger partial charge in [0, 0.05) is 41.1 Å². The SMILES string of the molecule is CCN1/C(=C/C=C2\CCC(/C=C/C3=[N+](C)c4ccc5ccccc5c4C3(C)C)=C2c2ccccc2)C(C)(C)c2c1ccc1ccccc21. The van der Waals surface area contributed by atoms with Crippen molar-refractivity contribution in [3.8, 4) is 0 Å². The van der Waals surface area contributed by atoms with Crippen molar-refractivity contribution in [2.75, 3.05) is 18.5 Å². The van der Waals surface area contributed by atoms with E-state index in [-0.39, 0.29) is 10.8 Å². The highest BCUT2D eigenvalue weighted by atomic mass is 15.2. The van der Waals surface area contributed by atoms with Crippen molar-refractivity contribution in [3.05, 3.63) is 161 Å². The van der Waals surface area contributed by atoms with Gasteiger partial charge in [-0.1, -0.05) is 111 Å². The molecular formula is C46H45N2+.